The first-order valence-corrected chi connectivity index (χ1v) is 12.4. The Labute approximate surface area is 191 Å². The molecule has 0 atom stereocenters. The Bertz CT molecular complexity index is 1210. The fourth-order valence-corrected chi connectivity index (χ4v) is 4.81. The molecule has 3 rings (SSSR count). The zero-order valence-corrected chi connectivity index (χ0v) is 19.6. The van der Waals surface area contributed by atoms with Crippen molar-refractivity contribution >= 4 is 58.5 Å². The van der Waals surface area contributed by atoms with Gasteiger partial charge in [0, 0.05) is 9.77 Å². The molecule has 0 fully saturated rings. The number of aromatic nitrogens is 1. The lowest BCUT2D eigenvalue weighted by atomic mass is 10.2. The predicted molar refractivity (Wildman–Crippen MR) is 127 cm³/mol. The summed E-state index contributed by atoms with van der Waals surface area (Å²) in [6.07, 6.45) is 5.02. The number of thioether (sulfide) groups is 1. The van der Waals surface area contributed by atoms with Crippen LogP contribution >= 0.6 is 34.4 Å². The largest absolute Gasteiger partial charge is 0.463 e. The van der Waals surface area contributed by atoms with Gasteiger partial charge in [-0.1, -0.05) is 18.2 Å². The highest BCUT2D eigenvalue weighted by Gasteiger charge is 2.11. The quantitative estimate of drug-likeness (QED) is 0.400. The first-order chi connectivity index (χ1) is 15.0. The molecule has 9 heteroatoms. The average Bonchev–Trinajstić information content (AvgIpc) is 3.37. The molecule has 3 aromatic rings. The summed E-state index contributed by atoms with van der Waals surface area (Å²) in [5.41, 5.74) is 0.550. The summed E-state index contributed by atoms with van der Waals surface area (Å²) in [6, 6.07) is 11.7. The van der Waals surface area contributed by atoms with Crippen LogP contribution < -0.4 is 20.1 Å². The van der Waals surface area contributed by atoms with Gasteiger partial charge in [0.1, 0.15) is 11.2 Å². The number of nitrogens with zero attached hydrogens (tertiary/aromatic N) is 1. The molecule has 1 amide bonds. The van der Waals surface area contributed by atoms with Crippen LogP contribution in [0.5, 0.6) is 0 Å². The lowest BCUT2D eigenvalue weighted by Crippen LogP contribution is -2.38. The monoisotopic (exact) mass is 474 g/mol. The van der Waals surface area contributed by atoms with Gasteiger partial charge in [0.05, 0.1) is 23.8 Å². The number of nitrogens with one attached hydrogen (secondary N) is 1. The third kappa shape index (κ3) is 6.43. The molecule has 0 aliphatic rings. The first kappa shape index (κ1) is 23.1. The number of carbonyl (C=O) groups is 2. The minimum atomic E-state index is -0.549. The highest BCUT2D eigenvalue weighted by atomic mass is 32.2. The fourth-order valence-electron chi connectivity index (χ4n) is 2.73. The van der Waals surface area contributed by atoms with Crippen LogP contribution in [0.15, 0.2) is 51.5 Å². The molecule has 6 nitrogen and oxygen atoms in total. The number of carbonyl (C=O) groups excluding carboxylic acids is 2. The molecule has 0 unspecified atom stereocenters. The van der Waals surface area contributed by atoms with Crippen molar-refractivity contribution in [1.29, 1.82) is 0 Å². The molecular weight excluding hydrogens is 452 g/mol. The first-order valence-electron chi connectivity index (χ1n) is 9.53. The second-order valence-corrected chi connectivity index (χ2v) is 9.34. The molecule has 162 valence electrons. The van der Waals surface area contributed by atoms with Crippen molar-refractivity contribution in [2.45, 2.75) is 24.9 Å². The number of esters is 1. The smallest absolute Gasteiger partial charge is 0.333 e. The van der Waals surface area contributed by atoms with E-state index in [1.54, 1.807) is 36.1 Å². The third-order valence-corrected chi connectivity index (χ3v) is 6.90. The average molecular weight is 475 g/mol. The maximum atomic E-state index is 13.0. The standard InChI is InChI=1S/C22H22N2O4S3/c1-3-28-21(26)12-20-24(14-19(25)23-13-17-5-4-10-30-17)22(27)18(31-20)11-15-6-8-16(29-2)9-7-15/h4-12H,3,13-14H2,1-2H3,(H,23,25). The zero-order valence-electron chi connectivity index (χ0n) is 17.1. The van der Waals surface area contributed by atoms with Gasteiger partial charge in [-0.25, -0.2) is 4.79 Å². The van der Waals surface area contributed by atoms with Crippen molar-refractivity contribution in [3.8, 4) is 0 Å². The summed E-state index contributed by atoms with van der Waals surface area (Å²) in [4.78, 5) is 39.6. The molecule has 31 heavy (non-hydrogen) atoms. The fraction of sp³-hybridized carbons (Fsp3) is 0.227. The van der Waals surface area contributed by atoms with Gasteiger partial charge in [0.2, 0.25) is 5.91 Å². The van der Waals surface area contributed by atoms with Crippen LogP contribution in [0.2, 0.25) is 0 Å². The lowest BCUT2D eigenvalue weighted by molar-refractivity contribution is -0.135. The molecule has 0 aliphatic carbocycles. The highest BCUT2D eigenvalue weighted by molar-refractivity contribution is 7.98. The van der Waals surface area contributed by atoms with Gasteiger partial charge in [-0.05, 0) is 48.4 Å². The lowest BCUT2D eigenvalue weighted by Gasteiger charge is -2.04. The summed E-state index contributed by atoms with van der Waals surface area (Å²) >= 11 is 4.34. The number of hydrogen-bond acceptors (Lipinski definition) is 7. The van der Waals surface area contributed by atoms with Gasteiger partial charge < -0.3 is 10.1 Å². The van der Waals surface area contributed by atoms with E-state index in [9.17, 15) is 14.4 Å². The van der Waals surface area contributed by atoms with Crippen LogP contribution in [0.3, 0.4) is 0 Å². The van der Waals surface area contributed by atoms with Crippen molar-refractivity contribution in [3.63, 3.8) is 0 Å². The Kier molecular flexibility index (Phi) is 8.27. The van der Waals surface area contributed by atoms with Crippen molar-refractivity contribution in [3.05, 3.63) is 71.8 Å². The maximum Gasteiger partial charge on any atom is 0.333 e. The van der Waals surface area contributed by atoms with Crippen molar-refractivity contribution in [2.24, 2.45) is 0 Å². The normalized spacial score (nSPS) is 12.2. The van der Waals surface area contributed by atoms with Gasteiger partial charge in [0.25, 0.3) is 5.56 Å². The van der Waals surface area contributed by atoms with Gasteiger partial charge in [0.15, 0.2) is 0 Å². The maximum absolute atomic E-state index is 13.0. The van der Waals surface area contributed by atoms with Gasteiger partial charge in [-0.3, -0.25) is 14.2 Å². The van der Waals surface area contributed by atoms with E-state index in [0.717, 1.165) is 26.7 Å². The van der Waals surface area contributed by atoms with Gasteiger partial charge in [-0.15, -0.1) is 34.4 Å². The van der Waals surface area contributed by atoms with Crippen molar-refractivity contribution < 1.29 is 14.3 Å². The van der Waals surface area contributed by atoms with E-state index in [0.29, 0.717) is 15.7 Å². The molecule has 2 heterocycles. The third-order valence-electron chi connectivity index (χ3n) is 4.22. The van der Waals surface area contributed by atoms with E-state index in [1.165, 1.54) is 10.6 Å². The number of thiophene rings is 1. The molecule has 1 aromatic carbocycles. The Morgan fingerprint density at radius 1 is 1.23 bits per heavy atom. The highest BCUT2D eigenvalue weighted by Crippen LogP contribution is 2.15. The minimum Gasteiger partial charge on any atom is -0.463 e. The molecule has 0 aliphatic heterocycles. The molecular formula is C22H22N2O4S3. The molecule has 0 bridgehead atoms. The second-order valence-electron chi connectivity index (χ2n) is 6.37. The number of hydrogen-bond donors (Lipinski definition) is 1. The van der Waals surface area contributed by atoms with Gasteiger partial charge in [-0.2, -0.15) is 0 Å². The summed E-state index contributed by atoms with van der Waals surface area (Å²) < 4.78 is 7.11. The Morgan fingerprint density at radius 2 is 2.00 bits per heavy atom. The summed E-state index contributed by atoms with van der Waals surface area (Å²) in [6.45, 7) is 2.16. The van der Waals surface area contributed by atoms with Crippen LogP contribution in [0.4, 0.5) is 0 Å². The Morgan fingerprint density at radius 3 is 2.65 bits per heavy atom. The minimum absolute atomic E-state index is 0.175. The molecule has 0 saturated carbocycles. The van der Waals surface area contributed by atoms with Crippen LogP contribution in [-0.2, 0) is 27.4 Å². The number of amides is 1. The summed E-state index contributed by atoms with van der Waals surface area (Å²) in [5.74, 6) is -0.852. The number of benzene rings is 1. The van der Waals surface area contributed by atoms with Gasteiger partial charge >= 0.3 is 5.97 Å². The van der Waals surface area contributed by atoms with E-state index in [2.05, 4.69) is 5.32 Å². The van der Waals surface area contributed by atoms with E-state index >= 15 is 0 Å². The van der Waals surface area contributed by atoms with Crippen LogP contribution in [0.25, 0.3) is 12.2 Å². The zero-order chi connectivity index (χ0) is 22.2. The number of ether oxygens (including phenoxy) is 1. The summed E-state index contributed by atoms with van der Waals surface area (Å²) in [7, 11) is 0. The van der Waals surface area contributed by atoms with Crippen molar-refractivity contribution in [2.75, 3.05) is 12.9 Å². The molecule has 0 saturated heterocycles. The topological polar surface area (TPSA) is 77.4 Å². The number of rotatable bonds is 8. The van der Waals surface area contributed by atoms with E-state index < -0.39 is 5.97 Å². The second kappa shape index (κ2) is 11.1. The number of thiazole rings is 1. The van der Waals surface area contributed by atoms with E-state index in [1.807, 2.05) is 48.0 Å². The van der Waals surface area contributed by atoms with Crippen LogP contribution in [-0.4, -0.2) is 29.3 Å². The van der Waals surface area contributed by atoms with Crippen LogP contribution in [0.1, 0.15) is 17.4 Å². The molecule has 0 spiro atoms. The summed E-state index contributed by atoms with van der Waals surface area (Å²) in [5, 5.41) is 4.75. The molecule has 2 aromatic heterocycles. The van der Waals surface area contributed by atoms with E-state index in [-0.39, 0.29) is 24.6 Å². The molecule has 1 N–H and O–H groups in total. The van der Waals surface area contributed by atoms with E-state index in [4.69, 9.17) is 4.74 Å². The van der Waals surface area contributed by atoms with Crippen molar-refractivity contribution in [1.82, 2.24) is 9.88 Å². The SMILES string of the molecule is CCOC(=O)C=c1sc(=Cc2ccc(SC)cc2)c(=O)n1CC(=O)NCc1cccs1. The predicted octanol–water partition coefficient (Wildman–Crippen LogP) is 2.18. The Balaban J connectivity index is 1.93. The Hall–Kier alpha value is -2.62. The molecule has 0 radical (unpaired) electrons. The van der Waals surface area contributed by atoms with Crippen LogP contribution in [0, 0.1) is 0 Å².